The van der Waals surface area contributed by atoms with Gasteiger partial charge in [0.15, 0.2) is 0 Å². The van der Waals surface area contributed by atoms with Gasteiger partial charge in [0.1, 0.15) is 18.1 Å². The molecule has 0 fully saturated rings. The number of aromatic nitrogens is 2. The number of imidazole rings is 1. The normalized spacial score (nSPS) is 9.80. The minimum atomic E-state index is -2.68. The van der Waals surface area contributed by atoms with E-state index in [0.717, 1.165) is 12.5 Å². The van der Waals surface area contributed by atoms with Crippen molar-refractivity contribution in [2.75, 3.05) is 0 Å². The molecule has 0 aliphatic carbocycles. The summed E-state index contributed by atoms with van der Waals surface area (Å²) < 4.78 is 24.1. The fourth-order valence-corrected chi connectivity index (χ4v) is 0.547. The van der Waals surface area contributed by atoms with Crippen molar-refractivity contribution in [3.8, 4) is 6.07 Å². The van der Waals surface area contributed by atoms with Crippen molar-refractivity contribution < 1.29 is 8.78 Å². The van der Waals surface area contributed by atoms with Crippen LogP contribution in [0.4, 0.5) is 8.78 Å². The summed E-state index contributed by atoms with van der Waals surface area (Å²) in [5, 5.41) is 8.21. The molecule has 0 aliphatic rings. The van der Waals surface area contributed by atoms with Crippen LogP contribution in [0.3, 0.4) is 0 Å². The van der Waals surface area contributed by atoms with Crippen LogP contribution in [0, 0.1) is 11.3 Å². The van der Waals surface area contributed by atoms with Gasteiger partial charge in [-0.1, -0.05) is 0 Å². The second kappa shape index (κ2) is 2.43. The zero-order chi connectivity index (χ0) is 7.56. The molecule has 0 saturated heterocycles. The molecule has 1 rings (SSSR count). The summed E-state index contributed by atoms with van der Waals surface area (Å²) in [6.45, 7) is -2.68. The number of hydrogen-bond acceptors (Lipinski definition) is 2. The molecule has 1 aromatic rings. The molecule has 1 heterocycles. The van der Waals surface area contributed by atoms with Crippen LogP contribution < -0.4 is 0 Å². The van der Waals surface area contributed by atoms with Crippen molar-refractivity contribution in [2.24, 2.45) is 0 Å². The molecule has 0 bridgehead atoms. The van der Waals surface area contributed by atoms with E-state index in [1.807, 2.05) is 0 Å². The van der Waals surface area contributed by atoms with E-state index in [2.05, 4.69) is 4.98 Å². The van der Waals surface area contributed by atoms with Gasteiger partial charge in [0, 0.05) is 0 Å². The first-order valence-corrected chi connectivity index (χ1v) is 2.46. The smallest absolute Gasteiger partial charge is 0.264 e. The third-order valence-corrected chi connectivity index (χ3v) is 0.991. The van der Waals surface area contributed by atoms with E-state index in [4.69, 9.17) is 5.26 Å². The van der Waals surface area contributed by atoms with Crippen LogP contribution in [0.2, 0.25) is 0 Å². The minimum absolute atomic E-state index is 0.130. The van der Waals surface area contributed by atoms with Crippen LogP contribution in [-0.4, -0.2) is 9.55 Å². The van der Waals surface area contributed by atoms with Gasteiger partial charge in [-0.3, -0.25) is 4.57 Å². The van der Waals surface area contributed by atoms with Gasteiger partial charge in [-0.05, 0) is 0 Å². The second-order valence-corrected chi connectivity index (χ2v) is 1.58. The molecule has 1 aromatic heterocycles. The number of nitrogens with zero attached hydrogens (tertiary/aromatic N) is 3. The standard InChI is InChI=1S/C5H3F2N3/c6-5(7)10-3-9-2-4(10)1-8/h2-3,5H. The van der Waals surface area contributed by atoms with Gasteiger partial charge in [-0.25, -0.2) is 4.98 Å². The lowest BCUT2D eigenvalue weighted by Gasteiger charge is -1.97. The van der Waals surface area contributed by atoms with Gasteiger partial charge in [0.05, 0.1) is 6.20 Å². The first kappa shape index (κ1) is 6.68. The van der Waals surface area contributed by atoms with Gasteiger partial charge in [0.2, 0.25) is 0 Å². The lowest BCUT2D eigenvalue weighted by Crippen LogP contribution is -1.97. The molecule has 5 heteroatoms. The van der Waals surface area contributed by atoms with Gasteiger partial charge in [-0.2, -0.15) is 14.0 Å². The van der Waals surface area contributed by atoms with Crippen molar-refractivity contribution >= 4 is 0 Å². The van der Waals surface area contributed by atoms with Crippen LogP contribution in [0.15, 0.2) is 12.5 Å². The maximum Gasteiger partial charge on any atom is 0.320 e. The first-order valence-electron chi connectivity index (χ1n) is 2.46. The van der Waals surface area contributed by atoms with Gasteiger partial charge in [0.25, 0.3) is 0 Å². The third kappa shape index (κ3) is 0.957. The summed E-state index contributed by atoms with van der Waals surface area (Å²) in [6, 6.07) is 1.58. The van der Waals surface area contributed by atoms with E-state index in [1.165, 1.54) is 0 Å². The summed E-state index contributed by atoms with van der Waals surface area (Å²) >= 11 is 0. The van der Waals surface area contributed by atoms with Gasteiger partial charge >= 0.3 is 6.55 Å². The Kier molecular flexibility index (Phi) is 1.63. The fraction of sp³-hybridized carbons (Fsp3) is 0.200. The summed E-state index contributed by atoms with van der Waals surface area (Å²) in [7, 11) is 0. The largest absolute Gasteiger partial charge is 0.320 e. The highest BCUT2D eigenvalue weighted by molar-refractivity contribution is 5.17. The van der Waals surface area contributed by atoms with Crippen LogP contribution in [-0.2, 0) is 0 Å². The monoisotopic (exact) mass is 143 g/mol. The quantitative estimate of drug-likeness (QED) is 0.591. The third-order valence-electron chi connectivity index (χ3n) is 0.991. The number of nitriles is 1. The Morgan fingerprint density at radius 1 is 1.70 bits per heavy atom. The first-order chi connectivity index (χ1) is 4.75. The summed E-state index contributed by atoms with van der Waals surface area (Å²) in [5.41, 5.74) is -0.130. The summed E-state index contributed by atoms with van der Waals surface area (Å²) in [6.07, 6.45) is 2.01. The average molecular weight is 143 g/mol. The molecule has 0 saturated carbocycles. The SMILES string of the molecule is N#Cc1cncn1C(F)F. The Morgan fingerprint density at radius 2 is 2.40 bits per heavy atom. The number of alkyl halides is 2. The highest BCUT2D eigenvalue weighted by Crippen LogP contribution is 2.11. The molecule has 0 aliphatic heterocycles. The minimum Gasteiger partial charge on any atom is -0.264 e. The van der Waals surface area contributed by atoms with E-state index in [1.54, 1.807) is 6.07 Å². The number of halogens is 2. The van der Waals surface area contributed by atoms with Crippen molar-refractivity contribution in [2.45, 2.75) is 6.55 Å². The highest BCUT2D eigenvalue weighted by Gasteiger charge is 2.08. The van der Waals surface area contributed by atoms with E-state index >= 15 is 0 Å². The topological polar surface area (TPSA) is 41.6 Å². The maximum atomic E-state index is 11.8. The average Bonchev–Trinajstić information content (AvgIpc) is 2.33. The Hall–Kier alpha value is -1.44. The molecule has 0 N–H and O–H groups in total. The zero-order valence-corrected chi connectivity index (χ0v) is 4.83. The van der Waals surface area contributed by atoms with E-state index in [0.29, 0.717) is 4.57 Å². The molecule has 0 amide bonds. The highest BCUT2D eigenvalue weighted by atomic mass is 19.3. The molecule has 52 valence electrons. The van der Waals surface area contributed by atoms with Crippen LogP contribution in [0.1, 0.15) is 12.2 Å². The summed E-state index contributed by atoms with van der Waals surface area (Å²) in [4.78, 5) is 3.37. The molecule has 0 spiro atoms. The summed E-state index contributed by atoms with van der Waals surface area (Å²) in [5.74, 6) is 0. The van der Waals surface area contributed by atoms with E-state index in [-0.39, 0.29) is 5.69 Å². The van der Waals surface area contributed by atoms with Crippen LogP contribution in [0.25, 0.3) is 0 Å². The van der Waals surface area contributed by atoms with Crippen LogP contribution in [0.5, 0.6) is 0 Å². The Bertz CT molecular complexity index is 260. The van der Waals surface area contributed by atoms with Crippen molar-refractivity contribution in [1.82, 2.24) is 9.55 Å². The van der Waals surface area contributed by atoms with Crippen LogP contribution >= 0.6 is 0 Å². The molecule has 10 heavy (non-hydrogen) atoms. The fourth-order valence-electron chi connectivity index (χ4n) is 0.547. The predicted molar refractivity (Wildman–Crippen MR) is 28.2 cm³/mol. The van der Waals surface area contributed by atoms with E-state index in [9.17, 15) is 8.78 Å². The Labute approximate surface area is 55.5 Å². The van der Waals surface area contributed by atoms with Gasteiger partial charge < -0.3 is 0 Å². The molecule has 0 aromatic carbocycles. The molecule has 0 atom stereocenters. The van der Waals surface area contributed by atoms with Crippen molar-refractivity contribution in [3.05, 3.63) is 18.2 Å². The number of rotatable bonds is 1. The zero-order valence-electron chi connectivity index (χ0n) is 4.83. The number of hydrogen-bond donors (Lipinski definition) is 0. The molecular formula is C5H3F2N3. The Morgan fingerprint density at radius 3 is 2.80 bits per heavy atom. The maximum absolute atomic E-state index is 11.8. The van der Waals surface area contributed by atoms with Crippen molar-refractivity contribution in [3.63, 3.8) is 0 Å². The van der Waals surface area contributed by atoms with Gasteiger partial charge in [-0.15, -0.1) is 0 Å². The molecular weight excluding hydrogens is 140 g/mol. The molecule has 0 radical (unpaired) electrons. The predicted octanol–water partition coefficient (Wildman–Crippen LogP) is 1.15. The van der Waals surface area contributed by atoms with Crippen molar-refractivity contribution in [1.29, 1.82) is 5.26 Å². The van der Waals surface area contributed by atoms with E-state index < -0.39 is 6.55 Å². The lowest BCUT2D eigenvalue weighted by molar-refractivity contribution is 0.0693. The Balaban J connectivity index is 3.05. The molecule has 3 nitrogen and oxygen atoms in total. The lowest BCUT2D eigenvalue weighted by atomic mass is 10.5. The molecule has 0 unspecified atom stereocenters. The second-order valence-electron chi connectivity index (χ2n) is 1.58.